The highest BCUT2D eigenvalue weighted by Crippen LogP contribution is 2.25. The van der Waals surface area contributed by atoms with Gasteiger partial charge in [-0.2, -0.15) is 9.40 Å². The van der Waals surface area contributed by atoms with Gasteiger partial charge in [-0.15, -0.1) is 0 Å². The van der Waals surface area contributed by atoms with Crippen LogP contribution in [0.25, 0.3) is 0 Å². The lowest BCUT2D eigenvalue weighted by Crippen LogP contribution is -2.39. The number of benzene rings is 1. The van der Waals surface area contributed by atoms with Crippen molar-refractivity contribution in [2.75, 3.05) is 13.1 Å². The number of nitrogens with zero attached hydrogens (tertiary/aromatic N) is 3. The van der Waals surface area contributed by atoms with Crippen LogP contribution in [0, 0.1) is 12.8 Å². The van der Waals surface area contributed by atoms with Crippen molar-refractivity contribution in [1.82, 2.24) is 19.4 Å². The molecule has 0 atom stereocenters. The molecule has 1 amide bonds. The maximum atomic E-state index is 13.1. The fraction of sp³-hybridized carbons (Fsp3) is 0.500. The van der Waals surface area contributed by atoms with E-state index < -0.39 is 15.9 Å². The van der Waals surface area contributed by atoms with Crippen molar-refractivity contribution in [2.24, 2.45) is 5.92 Å². The summed E-state index contributed by atoms with van der Waals surface area (Å²) >= 11 is 0. The smallest absolute Gasteiger partial charge is 0.263 e. The summed E-state index contributed by atoms with van der Waals surface area (Å²) in [4.78, 5) is 12.8. The normalized spacial score (nSPS) is 16.2. The summed E-state index contributed by atoms with van der Waals surface area (Å²) in [5, 5.41) is 6.88. The topological polar surface area (TPSA) is 84.3 Å². The second-order valence-corrected chi connectivity index (χ2v) is 9.31. The summed E-state index contributed by atoms with van der Waals surface area (Å²) in [6, 6.07) is 7.84. The molecule has 0 aliphatic carbocycles. The lowest BCUT2D eigenvalue weighted by atomic mass is 10.0. The lowest BCUT2D eigenvalue weighted by Gasteiger charge is -2.28. The molecule has 0 spiro atoms. The van der Waals surface area contributed by atoms with E-state index in [-0.39, 0.29) is 10.6 Å². The summed E-state index contributed by atoms with van der Waals surface area (Å²) in [7, 11) is -3.80. The number of rotatable bonds is 6. The number of sulfonamides is 1. The van der Waals surface area contributed by atoms with Gasteiger partial charge in [0.25, 0.3) is 15.9 Å². The zero-order valence-corrected chi connectivity index (χ0v) is 17.5. The molecule has 1 N–H and O–H groups in total. The molecular formula is C20H28N4O3S. The van der Waals surface area contributed by atoms with Crippen LogP contribution in [0.3, 0.4) is 0 Å². The van der Waals surface area contributed by atoms with Crippen LogP contribution in [-0.4, -0.2) is 41.5 Å². The molecule has 1 aromatic carbocycles. The molecule has 0 radical (unpaired) electrons. The number of nitrogens with one attached hydrogen (secondary N) is 1. The Labute approximate surface area is 166 Å². The largest absolute Gasteiger partial charge is 0.348 e. The molecule has 0 saturated carbocycles. The molecule has 2 aromatic rings. The molecule has 7 nitrogen and oxygen atoms in total. The highest BCUT2D eigenvalue weighted by atomic mass is 32.2. The molecule has 0 unspecified atom stereocenters. The number of hydrogen-bond acceptors (Lipinski definition) is 4. The Morgan fingerprint density at radius 3 is 2.46 bits per heavy atom. The summed E-state index contributed by atoms with van der Waals surface area (Å²) in [5.41, 5.74) is 2.20. The zero-order chi connectivity index (χ0) is 20.3. The van der Waals surface area contributed by atoms with Crippen LogP contribution in [0.5, 0.6) is 0 Å². The summed E-state index contributed by atoms with van der Waals surface area (Å²) in [6.45, 7) is 7.74. The Balaban J connectivity index is 1.81. The van der Waals surface area contributed by atoms with Crippen molar-refractivity contribution in [3.8, 4) is 0 Å². The second kappa shape index (κ2) is 8.45. The monoisotopic (exact) mass is 404 g/mol. The van der Waals surface area contributed by atoms with E-state index >= 15 is 0 Å². The van der Waals surface area contributed by atoms with E-state index in [4.69, 9.17) is 0 Å². The van der Waals surface area contributed by atoms with Crippen LogP contribution in [-0.2, 0) is 23.1 Å². The second-order valence-electron chi connectivity index (χ2n) is 7.46. The number of carbonyl (C=O) groups is 1. The van der Waals surface area contributed by atoms with Crippen LogP contribution in [0.1, 0.15) is 48.2 Å². The van der Waals surface area contributed by atoms with Gasteiger partial charge in [0.1, 0.15) is 0 Å². The average Bonchev–Trinajstić information content (AvgIpc) is 3.13. The standard InChI is InChI=1S/C20H28N4O3S/c1-4-23-14-18(19(25)21-13-17-7-5-15(2)6-8-17)20(22-23)28(26,27)24-11-9-16(3)10-12-24/h5-8,14,16H,4,9-13H2,1-3H3,(H,21,25). The van der Waals surface area contributed by atoms with Crippen LogP contribution in [0.4, 0.5) is 0 Å². The van der Waals surface area contributed by atoms with Crippen molar-refractivity contribution in [3.05, 3.63) is 47.2 Å². The van der Waals surface area contributed by atoms with Crippen LogP contribution in [0.2, 0.25) is 0 Å². The number of hydrogen-bond donors (Lipinski definition) is 1. The highest BCUT2D eigenvalue weighted by molar-refractivity contribution is 7.89. The number of carbonyl (C=O) groups excluding carboxylic acids is 1. The molecule has 0 bridgehead atoms. The van der Waals surface area contributed by atoms with Crippen molar-refractivity contribution in [1.29, 1.82) is 0 Å². The maximum absolute atomic E-state index is 13.1. The number of amides is 1. The van der Waals surface area contributed by atoms with E-state index in [1.165, 1.54) is 15.2 Å². The molecule has 2 heterocycles. The fourth-order valence-corrected chi connectivity index (χ4v) is 4.81. The van der Waals surface area contributed by atoms with Gasteiger partial charge in [0.15, 0.2) is 0 Å². The van der Waals surface area contributed by atoms with Crippen LogP contribution >= 0.6 is 0 Å². The average molecular weight is 405 g/mol. The van der Waals surface area contributed by atoms with Gasteiger partial charge >= 0.3 is 0 Å². The first-order valence-corrected chi connectivity index (χ1v) is 11.2. The molecule has 1 fully saturated rings. The van der Waals surface area contributed by atoms with Crippen LogP contribution < -0.4 is 5.32 Å². The van der Waals surface area contributed by atoms with Crippen molar-refractivity contribution >= 4 is 15.9 Å². The molecule has 1 aromatic heterocycles. The lowest BCUT2D eigenvalue weighted by molar-refractivity contribution is 0.0947. The maximum Gasteiger partial charge on any atom is 0.263 e. The third kappa shape index (κ3) is 4.44. The van der Waals surface area contributed by atoms with Crippen molar-refractivity contribution < 1.29 is 13.2 Å². The minimum absolute atomic E-state index is 0.104. The van der Waals surface area contributed by atoms with Gasteiger partial charge in [-0.25, -0.2) is 8.42 Å². The quantitative estimate of drug-likeness (QED) is 0.802. The number of aryl methyl sites for hydroxylation is 2. The Bertz CT molecular complexity index is 927. The first-order chi connectivity index (χ1) is 13.3. The fourth-order valence-electron chi connectivity index (χ4n) is 3.24. The van der Waals surface area contributed by atoms with E-state index in [0.717, 1.165) is 24.0 Å². The number of aromatic nitrogens is 2. The van der Waals surface area contributed by atoms with E-state index in [1.807, 2.05) is 38.1 Å². The van der Waals surface area contributed by atoms with E-state index in [9.17, 15) is 13.2 Å². The Morgan fingerprint density at radius 1 is 1.21 bits per heavy atom. The van der Waals surface area contributed by atoms with E-state index in [1.54, 1.807) is 0 Å². The van der Waals surface area contributed by atoms with Crippen molar-refractivity contribution in [2.45, 2.75) is 51.7 Å². The molecule has 1 saturated heterocycles. The van der Waals surface area contributed by atoms with Crippen molar-refractivity contribution in [3.63, 3.8) is 0 Å². The number of piperidine rings is 1. The molecule has 28 heavy (non-hydrogen) atoms. The van der Waals surface area contributed by atoms with Gasteiger partial charge in [0, 0.05) is 32.4 Å². The minimum Gasteiger partial charge on any atom is -0.348 e. The third-order valence-electron chi connectivity index (χ3n) is 5.20. The van der Waals surface area contributed by atoms with E-state index in [0.29, 0.717) is 32.1 Å². The van der Waals surface area contributed by atoms with Crippen LogP contribution in [0.15, 0.2) is 35.5 Å². The summed E-state index contributed by atoms with van der Waals surface area (Å²) in [5.74, 6) is 0.0844. The van der Waals surface area contributed by atoms with Gasteiger partial charge in [-0.05, 0) is 38.2 Å². The Kier molecular flexibility index (Phi) is 6.20. The predicted octanol–water partition coefficient (Wildman–Crippen LogP) is 2.56. The Morgan fingerprint density at radius 2 is 1.86 bits per heavy atom. The molecule has 1 aliphatic heterocycles. The molecule has 1 aliphatic rings. The molecule has 152 valence electrons. The van der Waals surface area contributed by atoms with Gasteiger partial charge in [0.05, 0.1) is 5.56 Å². The molecule has 3 rings (SSSR count). The summed E-state index contributed by atoms with van der Waals surface area (Å²) < 4.78 is 29.2. The highest BCUT2D eigenvalue weighted by Gasteiger charge is 2.34. The first kappa shape index (κ1) is 20.5. The Hall–Kier alpha value is -2.19. The van der Waals surface area contributed by atoms with Gasteiger partial charge in [0.2, 0.25) is 5.03 Å². The molecule has 8 heteroatoms. The van der Waals surface area contributed by atoms with Gasteiger partial charge < -0.3 is 5.32 Å². The molecular weight excluding hydrogens is 376 g/mol. The first-order valence-electron chi connectivity index (χ1n) is 9.72. The SMILES string of the molecule is CCn1cc(C(=O)NCc2ccc(C)cc2)c(S(=O)(=O)N2CCC(C)CC2)n1. The summed E-state index contributed by atoms with van der Waals surface area (Å²) in [6.07, 6.45) is 3.16. The third-order valence-corrected chi connectivity index (χ3v) is 7.03. The van der Waals surface area contributed by atoms with Gasteiger partial charge in [-0.1, -0.05) is 36.8 Å². The van der Waals surface area contributed by atoms with Gasteiger partial charge in [-0.3, -0.25) is 9.48 Å². The minimum atomic E-state index is -3.80. The van der Waals surface area contributed by atoms with E-state index in [2.05, 4.69) is 17.3 Å². The predicted molar refractivity (Wildman–Crippen MR) is 107 cm³/mol. The zero-order valence-electron chi connectivity index (χ0n) is 16.7.